The minimum absolute atomic E-state index is 0.0187. The van der Waals surface area contributed by atoms with Gasteiger partial charge in [0.15, 0.2) is 5.69 Å². The first kappa shape index (κ1) is 20.1. The smallest absolute Gasteiger partial charge is 0.269 e. The third-order valence-electron chi connectivity index (χ3n) is 6.03. The third-order valence-corrected chi connectivity index (χ3v) is 6.63. The molecule has 2 bridgehead atoms. The number of carbonyl (C=O) groups excluding carboxylic acids is 1. The monoisotopic (exact) mass is 490 g/mol. The van der Waals surface area contributed by atoms with Crippen molar-refractivity contribution >= 4 is 21.8 Å². The molecule has 1 amide bonds. The van der Waals surface area contributed by atoms with Gasteiger partial charge in [-0.05, 0) is 58.5 Å². The van der Waals surface area contributed by atoms with E-state index in [2.05, 4.69) is 25.9 Å². The number of nitrogens with zero attached hydrogens (tertiary/aromatic N) is 3. The zero-order chi connectivity index (χ0) is 22.0. The molecule has 160 valence electrons. The topological polar surface area (TPSA) is 103 Å². The number of amides is 1. The van der Waals surface area contributed by atoms with Crippen LogP contribution in [0.25, 0.3) is 11.4 Å². The zero-order valence-electron chi connectivity index (χ0n) is 16.3. The number of pyridine rings is 1. The number of benzene rings is 1. The highest BCUT2D eigenvalue weighted by Gasteiger charge is 2.43. The van der Waals surface area contributed by atoms with E-state index in [4.69, 9.17) is 10.5 Å². The van der Waals surface area contributed by atoms with Crippen LogP contribution >= 0.6 is 15.9 Å². The van der Waals surface area contributed by atoms with Crippen LogP contribution in [-0.4, -0.2) is 32.7 Å². The van der Waals surface area contributed by atoms with Gasteiger partial charge in [0.1, 0.15) is 23.6 Å². The molecule has 3 aliphatic rings. The van der Waals surface area contributed by atoms with Gasteiger partial charge < -0.3 is 20.1 Å². The summed E-state index contributed by atoms with van der Waals surface area (Å²) < 4.78 is 35.4. The molecule has 3 N–H and O–H groups in total. The standard InChI is InChI=1S/C21H17BrF2N4O3/c1-31-21-13(4-9(23)7-26-21)18(29)17-16(19(25)30)27-20-12-5-14(22)15(24)6-11(12)8-2-10(3-8)28(17)20/h4-8,10,18,29H,2-3H2,1H3,(H2,25,30). The van der Waals surface area contributed by atoms with Crippen molar-refractivity contribution in [2.45, 2.75) is 30.9 Å². The summed E-state index contributed by atoms with van der Waals surface area (Å²) in [7, 11) is 1.35. The number of hydrogen-bond acceptors (Lipinski definition) is 5. The number of nitrogens with two attached hydrogens (primary N) is 1. The van der Waals surface area contributed by atoms with Gasteiger partial charge in [0, 0.05) is 11.6 Å². The molecular formula is C21H17BrF2N4O3. The van der Waals surface area contributed by atoms with Crippen LogP contribution in [0.15, 0.2) is 28.9 Å². The lowest BCUT2D eigenvalue weighted by Crippen LogP contribution is -2.27. The Morgan fingerprint density at radius 1 is 1.35 bits per heavy atom. The van der Waals surface area contributed by atoms with Crippen LogP contribution in [0.4, 0.5) is 8.78 Å². The molecule has 1 aliphatic carbocycles. The molecule has 7 nitrogen and oxygen atoms in total. The average molecular weight is 491 g/mol. The van der Waals surface area contributed by atoms with Crippen LogP contribution in [0.3, 0.4) is 0 Å². The van der Waals surface area contributed by atoms with Crippen molar-refractivity contribution in [2.75, 3.05) is 7.11 Å². The Morgan fingerprint density at radius 3 is 2.77 bits per heavy atom. The molecule has 1 aromatic carbocycles. The van der Waals surface area contributed by atoms with Gasteiger partial charge in [0.2, 0.25) is 5.88 Å². The fraction of sp³-hybridized carbons (Fsp3) is 0.286. The fourth-order valence-corrected chi connectivity index (χ4v) is 4.89. The maximum absolute atomic E-state index is 14.2. The van der Waals surface area contributed by atoms with Crippen molar-refractivity contribution in [1.29, 1.82) is 0 Å². The number of rotatable bonds is 4. The van der Waals surface area contributed by atoms with Crippen LogP contribution < -0.4 is 10.5 Å². The normalized spacial score (nSPS) is 19.6. The van der Waals surface area contributed by atoms with Gasteiger partial charge in [-0.1, -0.05) is 0 Å². The second kappa shape index (κ2) is 7.10. The number of halogens is 3. The summed E-state index contributed by atoms with van der Waals surface area (Å²) in [6.45, 7) is 0. The summed E-state index contributed by atoms with van der Waals surface area (Å²) in [6.07, 6.45) is 0.882. The van der Waals surface area contributed by atoms with Crippen molar-refractivity contribution in [3.05, 3.63) is 63.0 Å². The van der Waals surface area contributed by atoms with Gasteiger partial charge in [-0.3, -0.25) is 4.79 Å². The fourth-order valence-electron chi connectivity index (χ4n) is 4.55. The van der Waals surface area contributed by atoms with E-state index in [1.807, 2.05) is 0 Å². The van der Waals surface area contributed by atoms with E-state index in [-0.39, 0.29) is 45.1 Å². The van der Waals surface area contributed by atoms with E-state index in [1.54, 1.807) is 10.6 Å². The van der Waals surface area contributed by atoms with Crippen molar-refractivity contribution in [3.8, 4) is 17.3 Å². The molecule has 1 saturated carbocycles. The van der Waals surface area contributed by atoms with Gasteiger partial charge in [-0.2, -0.15) is 0 Å². The molecular weight excluding hydrogens is 474 g/mol. The number of aromatic nitrogens is 3. The maximum atomic E-state index is 14.2. The summed E-state index contributed by atoms with van der Waals surface area (Å²) in [5, 5.41) is 11.3. The molecule has 0 spiro atoms. The van der Waals surface area contributed by atoms with Gasteiger partial charge in [0.05, 0.1) is 29.0 Å². The number of methoxy groups -OCH3 is 1. The first-order valence-electron chi connectivity index (χ1n) is 9.58. The number of hydrogen-bond donors (Lipinski definition) is 2. The molecule has 3 aromatic rings. The predicted octanol–water partition coefficient (Wildman–Crippen LogP) is 3.61. The van der Waals surface area contributed by atoms with Gasteiger partial charge in [-0.25, -0.2) is 18.7 Å². The molecule has 1 atom stereocenters. The summed E-state index contributed by atoms with van der Waals surface area (Å²) in [5.74, 6) is -1.32. The van der Waals surface area contributed by atoms with Crippen LogP contribution in [0.5, 0.6) is 5.88 Å². The Bertz CT molecular complexity index is 1240. The third kappa shape index (κ3) is 2.96. The molecule has 2 aromatic heterocycles. The van der Waals surface area contributed by atoms with E-state index in [0.717, 1.165) is 17.8 Å². The molecule has 31 heavy (non-hydrogen) atoms. The van der Waals surface area contributed by atoms with Gasteiger partial charge in [0.25, 0.3) is 5.91 Å². The molecule has 1 unspecified atom stereocenters. The molecule has 1 fully saturated rings. The highest BCUT2D eigenvalue weighted by molar-refractivity contribution is 9.10. The first-order valence-corrected chi connectivity index (χ1v) is 10.4. The van der Waals surface area contributed by atoms with E-state index in [0.29, 0.717) is 24.2 Å². The minimum Gasteiger partial charge on any atom is -0.481 e. The summed E-state index contributed by atoms with van der Waals surface area (Å²) >= 11 is 3.21. The van der Waals surface area contributed by atoms with Gasteiger partial charge >= 0.3 is 0 Å². The highest BCUT2D eigenvalue weighted by Crippen LogP contribution is 2.54. The zero-order valence-corrected chi connectivity index (χ0v) is 17.9. The van der Waals surface area contributed by atoms with Crippen molar-refractivity contribution in [3.63, 3.8) is 0 Å². The number of aliphatic hydroxyl groups is 1. The van der Waals surface area contributed by atoms with E-state index < -0.39 is 17.8 Å². The van der Waals surface area contributed by atoms with Gasteiger partial charge in [-0.15, -0.1) is 0 Å². The number of imidazole rings is 1. The maximum Gasteiger partial charge on any atom is 0.269 e. The predicted molar refractivity (Wildman–Crippen MR) is 110 cm³/mol. The Hall–Kier alpha value is -2.85. The number of ether oxygens (including phenoxy) is 1. The lowest BCUT2D eigenvalue weighted by molar-refractivity contribution is 0.0988. The quantitative estimate of drug-likeness (QED) is 0.581. The Balaban J connectivity index is 1.78. The minimum atomic E-state index is -1.47. The Kier molecular flexibility index (Phi) is 4.60. The molecule has 6 rings (SSSR count). The van der Waals surface area contributed by atoms with E-state index in [1.165, 1.54) is 13.2 Å². The molecule has 10 heteroatoms. The summed E-state index contributed by atoms with van der Waals surface area (Å²) in [4.78, 5) is 20.6. The lowest BCUT2D eigenvalue weighted by Gasteiger charge is -2.36. The van der Waals surface area contributed by atoms with E-state index >= 15 is 0 Å². The largest absolute Gasteiger partial charge is 0.481 e. The molecule has 4 heterocycles. The van der Waals surface area contributed by atoms with Crippen LogP contribution in [0.2, 0.25) is 0 Å². The number of aliphatic hydroxyl groups excluding tert-OH is 1. The summed E-state index contributed by atoms with van der Waals surface area (Å²) in [5.41, 5.74) is 7.11. The van der Waals surface area contributed by atoms with Crippen molar-refractivity contribution < 1.29 is 23.4 Å². The number of carbonyl (C=O) groups is 1. The van der Waals surface area contributed by atoms with Crippen LogP contribution in [0, 0.1) is 11.6 Å². The molecule has 0 saturated heterocycles. The second-order valence-electron chi connectivity index (χ2n) is 7.73. The number of primary amides is 1. The SMILES string of the molecule is COc1ncc(F)cc1C(O)c1c(C(N)=O)nc2n1C1CC(C1)c1cc(F)c(Br)cc1-2. The van der Waals surface area contributed by atoms with Crippen molar-refractivity contribution in [2.24, 2.45) is 5.73 Å². The molecule has 2 aliphatic heterocycles. The average Bonchev–Trinajstić information content (AvgIpc) is 2.98. The van der Waals surface area contributed by atoms with Crippen LogP contribution in [0.1, 0.15) is 58.2 Å². The summed E-state index contributed by atoms with van der Waals surface area (Å²) in [6, 6.07) is 4.12. The van der Waals surface area contributed by atoms with E-state index in [9.17, 15) is 18.7 Å². The van der Waals surface area contributed by atoms with Crippen LogP contribution in [-0.2, 0) is 0 Å². The Labute approximate surface area is 184 Å². The lowest BCUT2D eigenvalue weighted by atomic mass is 9.75. The molecule has 0 radical (unpaired) electrons. The van der Waals surface area contributed by atoms with Crippen molar-refractivity contribution in [1.82, 2.24) is 14.5 Å². The second-order valence-corrected chi connectivity index (χ2v) is 8.59. The Morgan fingerprint density at radius 2 is 2.10 bits per heavy atom. The highest BCUT2D eigenvalue weighted by atomic mass is 79.9. The first-order chi connectivity index (χ1) is 14.8.